The van der Waals surface area contributed by atoms with Crippen LogP contribution in [0.3, 0.4) is 0 Å². The Hall–Kier alpha value is -2.39. The molecule has 2 N–H and O–H groups in total. The Morgan fingerprint density at radius 1 is 1.32 bits per heavy atom. The lowest BCUT2D eigenvalue weighted by molar-refractivity contribution is 0.342. The van der Waals surface area contributed by atoms with Gasteiger partial charge in [-0.2, -0.15) is 5.26 Å². The van der Waals surface area contributed by atoms with Crippen LogP contribution in [0, 0.1) is 24.1 Å². The van der Waals surface area contributed by atoms with Crippen molar-refractivity contribution in [3.63, 3.8) is 0 Å². The van der Waals surface area contributed by atoms with E-state index in [0.717, 1.165) is 25.9 Å². The number of rotatable bonds is 1. The zero-order valence-corrected chi connectivity index (χ0v) is 12.5. The normalized spacial score (nSPS) is 14.8. The number of nitrogens with zero attached hydrogens (tertiary/aromatic N) is 2. The summed E-state index contributed by atoms with van der Waals surface area (Å²) in [4.78, 5) is 10.8. The van der Waals surface area contributed by atoms with E-state index >= 15 is 0 Å². The molecule has 0 saturated carbocycles. The number of benzene rings is 1. The summed E-state index contributed by atoms with van der Waals surface area (Å²) in [6.45, 7) is 3.76. The molecule has 2 heterocycles. The highest BCUT2D eigenvalue weighted by molar-refractivity contribution is 5.32. The third-order valence-electron chi connectivity index (χ3n) is 3.63. The van der Waals surface area contributed by atoms with Crippen LogP contribution in [0.5, 0.6) is 0 Å². The third kappa shape index (κ3) is 4.30. The van der Waals surface area contributed by atoms with Gasteiger partial charge >= 0.3 is 0 Å². The van der Waals surface area contributed by atoms with Crippen molar-refractivity contribution < 1.29 is 4.39 Å². The van der Waals surface area contributed by atoms with E-state index in [2.05, 4.69) is 10.4 Å². The second kappa shape index (κ2) is 7.57. The first kappa shape index (κ1) is 16.0. The van der Waals surface area contributed by atoms with Crippen molar-refractivity contribution in [3.05, 3.63) is 57.8 Å². The average molecular weight is 302 g/mol. The smallest absolute Gasteiger partial charge is 0.264 e. The molecule has 0 atom stereocenters. The molecule has 5 nitrogen and oxygen atoms in total. The summed E-state index contributed by atoms with van der Waals surface area (Å²) in [7, 11) is 0. The number of piperidine rings is 1. The van der Waals surface area contributed by atoms with Crippen LogP contribution in [0.4, 0.5) is 4.39 Å². The lowest BCUT2D eigenvalue weighted by atomic mass is 10.1. The molecular weight excluding hydrogens is 283 g/mol. The van der Waals surface area contributed by atoms with Crippen LogP contribution >= 0.6 is 0 Å². The van der Waals surface area contributed by atoms with Gasteiger partial charge in [-0.3, -0.25) is 14.6 Å². The molecule has 1 aliphatic rings. The van der Waals surface area contributed by atoms with Gasteiger partial charge < -0.3 is 5.32 Å². The molecule has 3 rings (SSSR count). The third-order valence-corrected chi connectivity index (χ3v) is 3.63. The van der Waals surface area contributed by atoms with E-state index in [0.29, 0.717) is 17.2 Å². The van der Waals surface area contributed by atoms with E-state index in [1.807, 2.05) is 16.9 Å². The van der Waals surface area contributed by atoms with E-state index in [-0.39, 0.29) is 11.4 Å². The summed E-state index contributed by atoms with van der Waals surface area (Å²) in [5.41, 5.74) is 0.927. The Morgan fingerprint density at radius 2 is 2.05 bits per heavy atom. The molecule has 1 saturated heterocycles. The molecule has 1 aromatic carbocycles. The van der Waals surface area contributed by atoms with Gasteiger partial charge in [-0.15, -0.1) is 0 Å². The fourth-order valence-electron chi connectivity index (χ4n) is 2.31. The molecule has 1 aliphatic heterocycles. The van der Waals surface area contributed by atoms with Crippen LogP contribution in [0.25, 0.3) is 0 Å². The standard InChI is InChI=1S/C8H6FN.C8H13N3O/c1-6-2-3-7(5-10)4-8(6)9;12-8-3-6-11(10-8)7-1-4-9-5-2-7/h2-4H,1H3;3,6-7,9H,1-2,4-5H2,(H,10,12). The largest absolute Gasteiger partial charge is 0.317 e. The first-order valence-electron chi connectivity index (χ1n) is 7.24. The predicted octanol–water partition coefficient (Wildman–Crippen LogP) is 2.11. The predicted molar refractivity (Wildman–Crippen MR) is 82.0 cm³/mol. The number of aromatic amines is 1. The van der Waals surface area contributed by atoms with Crippen molar-refractivity contribution in [1.82, 2.24) is 15.1 Å². The van der Waals surface area contributed by atoms with Crippen molar-refractivity contribution in [2.45, 2.75) is 25.8 Å². The number of aromatic nitrogens is 2. The van der Waals surface area contributed by atoms with Gasteiger partial charge in [0.05, 0.1) is 17.7 Å². The second-order valence-corrected chi connectivity index (χ2v) is 5.26. The van der Waals surface area contributed by atoms with Gasteiger partial charge in [0.15, 0.2) is 0 Å². The Morgan fingerprint density at radius 3 is 2.59 bits per heavy atom. The number of nitriles is 1. The molecule has 1 aromatic heterocycles. The Labute approximate surface area is 128 Å². The summed E-state index contributed by atoms with van der Waals surface area (Å²) in [6, 6.07) is 8.33. The molecule has 2 aromatic rings. The van der Waals surface area contributed by atoms with Gasteiger partial charge in [0.2, 0.25) is 0 Å². The van der Waals surface area contributed by atoms with Crippen LogP contribution in [0.2, 0.25) is 0 Å². The molecule has 22 heavy (non-hydrogen) atoms. The van der Waals surface area contributed by atoms with Crippen LogP contribution < -0.4 is 10.9 Å². The number of hydrogen-bond donors (Lipinski definition) is 2. The fourth-order valence-corrected chi connectivity index (χ4v) is 2.31. The zero-order chi connectivity index (χ0) is 15.9. The minimum Gasteiger partial charge on any atom is -0.317 e. The maximum atomic E-state index is 12.6. The SMILES string of the molecule is Cc1ccc(C#N)cc1F.O=c1ccn(C2CCNCC2)[nH]1. The van der Waals surface area contributed by atoms with Crippen molar-refractivity contribution in [2.75, 3.05) is 13.1 Å². The molecule has 0 amide bonds. The Kier molecular flexibility index (Phi) is 5.50. The molecular formula is C16H19FN4O. The highest BCUT2D eigenvalue weighted by Gasteiger charge is 2.13. The van der Waals surface area contributed by atoms with Crippen LogP contribution in [0.1, 0.15) is 30.0 Å². The quantitative estimate of drug-likeness (QED) is 0.847. The lowest BCUT2D eigenvalue weighted by Gasteiger charge is -2.23. The van der Waals surface area contributed by atoms with Gasteiger partial charge in [-0.05, 0) is 50.6 Å². The fraction of sp³-hybridized carbons (Fsp3) is 0.375. The molecule has 116 valence electrons. The van der Waals surface area contributed by atoms with Gasteiger partial charge in [-0.1, -0.05) is 6.07 Å². The van der Waals surface area contributed by atoms with Crippen molar-refractivity contribution in [1.29, 1.82) is 5.26 Å². The summed E-state index contributed by atoms with van der Waals surface area (Å²) >= 11 is 0. The Bertz CT molecular complexity index is 707. The van der Waals surface area contributed by atoms with E-state index in [1.54, 1.807) is 25.1 Å². The average Bonchev–Trinajstić information content (AvgIpc) is 2.98. The van der Waals surface area contributed by atoms with E-state index in [4.69, 9.17) is 5.26 Å². The van der Waals surface area contributed by atoms with Crippen molar-refractivity contribution in [2.24, 2.45) is 0 Å². The lowest BCUT2D eigenvalue weighted by Crippen LogP contribution is -2.30. The monoisotopic (exact) mass is 302 g/mol. The van der Waals surface area contributed by atoms with Crippen LogP contribution in [-0.4, -0.2) is 22.9 Å². The topological polar surface area (TPSA) is 73.6 Å². The Balaban J connectivity index is 0.000000164. The number of nitrogens with one attached hydrogen (secondary N) is 2. The maximum Gasteiger partial charge on any atom is 0.264 e. The molecule has 0 radical (unpaired) electrons. The minimum absolute atomic E-state index is 0.00599. The number of halogens is 1. The molecule has 6 heteroatoms. The molecule has 1 fully saturated rings. The zero-order valence-electron chi connectivity index (χ0n) is 12.5. The summed E-state index contributed by atoms with van der Waals surface area (Å²) in [6.07, 6.45) is 4.04. The maximum absolute atomic E-state index is 12.6. The van der Waals surface area contributed by atoms with Gasteiger partial charge in [0.25, 0.3) is 5.56 Å². The summed E-state index contributed by atoms with van der Waals surface area (Å²) in [5, 5.41) is 14.4. The van der Waals surface area contributed by atoms with Crippen LogP contribution in [-0.2, 0) is 0 Å². The summed E-state index contributed by atoms with van der Waals surface area (Å²) in [5.74, 6) is -0.320. The van der Waals surface area contributed by atoms with Gasteiger partial charge in [-0.25, -0.2) is 4.39 Å². The van der Waals surface area contributed by atoms with Gasteiger partial charge in [0, 0.05) is 12.3 Å². The highest BCUT2D eigenvalue weighted by Crippen LogP contribution is 2.15. The first-order chi connectivity index (χ1) is 10.6. The van der Waals surface area contributed by atoms with E-state index in [9.17, 15) is 9.18 Å². The number of hydrogen-bond acceptors (Lipinski definition) is 3. The number of H-pyrrole nitrogens is 1. The molecule has 0 bridgehead atoms. The van der Waals surface area contributed by atoms with Crippen LogP contribution in [0.15, 0.2) is 35.3 Å². The minimum atomic E-state index is -0.320. The second-order valence-electron chi connectivity index (χ2n) is 5.26. The summed E-state index contributed by atoms with van der Waals surface area (Å²) < 4.78 is 14.5. The molecule has 0 unspecified atom stereocenters. The van der Waals surface area contributed by atoms with Crippen molar-refractivity contribution in [3.8, 4) is 6.07 Å². The number of aryl methyl sites for hydroxylation is 1. The van der Waals surface area contributed by atoms with Gasteiger partial charge in [0.1, 0.15) is 5.82 Å². The highest BCUT2D eigenvalue weighted by atomic mass is 19.1. The van der Waals surface area contributed by atoms with E-state index in [1.165, 1.54) is 6.07 Å². The molecule has 0 aliphatic carbocycles. The first-order valence-corrected chi connectivity index (χ1v) is 7.24. The molecule has 0 spiro atoms. The van der Waals surface area contributed by atoms with E-state index < -0.39 is 0 Å². The van der Waals surface area contributed by atoms with Crippen molar-refractivity contribution >= 4 is 0 Å².